The van der Waals surface area contributed by atoms with Gasteiger partial charge >= 0.3 is 0 Å². The minimum Gasteiger partial charge on any atom is -0.337 e. The van der Waals surface area contributed by atoms with Crippen LogP contribution in [-0.4, -0.2) is 24.7 Å². The molecular formula is C24H16N6. The van der Waals surface area contributed by atoms with E-state index in [9.17, 15) is 5.26 Å². The Hall–Kier alpha value is -4.50. The highest BCUT2D eigenvalue weighted by atomic mass is 15.3. The van der Waals surface area contributed by atoms with Crippen LogP contribution in [0.5, 0.6) is 0 Å². The first-order valence-corrected chi connectivity index (χ1v) is 9.44. The highest BCUT2D eigenvalue weighted by molar-refractivity contribution is 5.92. The Kier molecular flexibility index (Phi) is 4.39. The van der Waals surface area contributed by atoms with Crippen molar-refractivity contribution in [1.82, 2.24) is 24.7 Å². The molecule has 0 radical (unpaired) electrons. The van der Waals surface area contributed by atoms with Gasteiger partial charge < -0.3 is 4.98 Å². The van der Waals surface area contributed by atoms with Crippen molar-refractivity contribution in [2.24, 2.45) is 0 Å². The van der Waals surface area contributed by atoms with E-state index >= 15 is 0 Å². The number of H-pyrrole nitrogens is 1. The molecule has 0 unspecified atom stereocenters. The fourth-order valence-electron chi connectivity index (χ4n) is 3.32. The molecule has 0 saturated heterocycles. The van der Waals surface area contributed by atoms with E-state index < -0.39 is 0 Å². The van der Waals surface area contributed by atoms with Gasteiger partial charge in [0.25, 0.3) is 0 Å². The fraction of sp³-hybridized carbons (Fsp3) is 0. The van der Waals surface area contributed by atoms with Gasteiger partial charge in [-0.2, -0.15) is 10.4 Å². The van der Waals surface area contributed by atoms with Crippen molar-refractivity contribution in [3.05, 3.63) is 96.7 Å². The monoisotopic (exact) mass is 388 g/mol. The van der Waals surface area contributed by atoms with Gasteiger partial charge in [-0.25, -0.2) is 9.67 Å². The molecule has 1 N–H and O–H groups in total. The summed E-state index contributed by atoms with van der Waals surface area (Å²) in [4.78, 5) is 12.0. The fourth-order valence-corrected chi connectivity index (χ4v) is 3.32. The van der Waals surface area contributed by atoms with Gasteiger partial charge in [-0.3, -0.25) is 4.98 Å². The van der Waals surface area contributed by atoms with Gasteiger partial charge in [-0.15, -0.1) is 0 Å². The highest BCUT2D eigenvalue weighted by Crippen LogP contribution is 2.27. The summed E-state index contributed by atoms with van der Waals surface area (Å²) in [6.07, 6.45) is 7.22. The molecule has 2 aromatic carbocycles. The van der Waals surface area contributed by atoms with Crippen LogP contribution in [0.15, 0.2) is 85.3 Å². The lowest BCUT2D eigenvalue weighted by atomic mass is 10.1. The molecule has 0 atom stereocenters. The van der Waals surface area contributed by atoms with Crippen LogP contribution >= 0.6 is 0 Å². The van der Waals surface area contributed by atoms with Crippen LogP contribution in [-0.2, 0) is 0 Å². The Morgan fingerprint density at radius 1 is 1.00 bits per heavy atom. The normalized spacial score (nSPS) is 11.5. The number of pyridine rings is 1. The molecule has 30 heavy (non-hydrogen) atoms. The summed E-state index contributed by atoms with van der Waals surface area (Å²) in [5, 5.41) is 14.6. The van der Waals surface area contributed by atoms with Crippen molar-refractivity contribution in [2.45, 2.75) is 0 Å². The Bertz CT molecular complexity index is 1360. The zero-order valence-electron chi connectivity index (χ0n) is 15.9. The molecule has 0 aliphatic heterocycles. The summed E-state index contributed by atoms with van der Waals surface area (Å²) in [5.74, 6) is 0.531. The molecule has 5 aromatic rings. The van der Waals surface area contributed by atoms with Gasteiger partial charge in [0.15, 0.2) is 0 Å². The van der Waals surface area contributed by atoms with E-state index in [1.807, 2.05) is 83.7 Å². The summed E-state index contributed by atoms with van der Waals surface area (Å²) >= 11 is 0. The molecular weight excluding hydrogens is 372 g/mol. The molecule has 0 bridgehead atoms. The van der Waals surface area contributed by atoms with E-state index in [-0.39, 0.29) is 0 Å². The average Bonchev–Trinajstić information content (AvgIpc) is 3.43. The maximum Gasteiger partial charge on any atom is 0.149 e. The quantitative estimate of drug-likeness (QED) is 0.445. The van der Waals surface area contributed by atoms with Crippen LogP contribution in [0.2, 0.25) is 0 Å². The standard InChI is InChI=1S/C24H16N6/c25-14-18(24-27-21-10-4-5-11-22(21)28-24)13-19-16-30(20-8-2-1-3-9-20)29-23(19)17-7-6-12-26-15-17/h1-13,15-16H,(H,27,28)/b18-13+. The Morgan fingerprint density at radius 3 is 2.60 bits per heavy atom. The third-order valence-corrected chi connectivity index (χ3v) is 4.76. The van der Waals surface area contributed by atoms with Crippen LogP contribution in [0, 0.1) is 11.3 Å². The largest absolute Gasteiger partial charge is 0.337 e. The van der Waals surface area contributed by atoms with Crippen molar-refractivity contribution in [3.8, 4) is 23.0 Å². The Morgan fingerprint density at radius 2 is 1.83 bits per heavy atom. The predicted octanol–water partition coefficient (Wildman–Crippen LogP) is 4.87. The molecule has 0 saturated carbocycles. The van der Waals surface area contributed by atoms with Crippen LogP contribution in [0.25, 0.3) is 39.6 Å². The average molecular weight is 388 g/mol. The number of fused-ring (bicyclic) bond motifs is 1. The molecule has 142 valence electrons. The second kappa shape index (κ2) is 7.49. The SMILES string of the molecule is N#C/C(=C\c1cn(-c2ccccc2)nc1-c1cccnc1)c1nc2ccccc2[nH]1. The third-order valence-electron chi connectivity index (χ3n) is 4.76. The highest BCUT2D eigenvalue weighted by Gasteiger charge is 2.14. The van der Waals surface area contributed by atoms with Crippen molar-refractivity contribution < 1.29 is 0 Å². The first kappa shape index (κ1) is 17.6. The summed E-state index contributed by atoms with van der Waals surface area (Å²) in [6, 6.07) is 23.7. The van der Waals surface area contributed by atoms with Gasteiger partial charge in [-0.1, -0.05) is 30.3 Å². The Balaban J connectivity index is 1.66. The second-order valence-electron chi connectivity index (χ2n) is 6.73. The predicted molar refractivity (Wildman–Crippen MR) is 116 cm³/mol. The van der Waals surface area contributed by atoms with Gasteiger partial charge in [0.05, 0.1) is 22.3 Å². The number of hydrogen-bond donors (Lipinski definition) is 1. The molecule has 0 spiro atoms. The van der Waals surface area contributed by atoms with E-state index in [1.54, 1.807) is 12.4 Å². The van der Waals surface area contributed by atoms with Crippen molar-refractivity contribution in [2.75, 3.05) is 0 Å². The number of nitrogens with one attached hydrogen (secondary N) is 1. The summed E-state index contributed by atoms with van der Waals surface area (Å²) in [5.41, 5.74) is 5.51. The van der Waals surface area contributed by atoms with E-state index in [0.29, 0.717) is 11.4 Å². The molecule has 0 amide bonds. The smallest absolute Gasteiger partial charge is 0.149 e. The number of aromatic amines is 1. The van der Waals surface area contributed by atoms with Crippen LogP contribution < -0.4 is 0 Å². The van der Waals surface area contributed by atoms with E-state index in [4.69, 9.17) is 5.10 Å². The summed E-state index contributed by atoms with van der Waals surface area (Å²) in [6.45, 7) is 0. The Labute approximate surface area is 172 Å². The lowest BCUT2D eigenvalue weighted by molar-refractivity contribution is 0.884. The lowest BCUT2D eigenvalue weighted by Gasteiger charge is -2.00. The molecule has 0 aliphatic carbocycles. The van der Waals surface area contributed by atoms with Gasteiger partial charge in [-0.05, 0) is 42.5 Å². The number of hydrogen-bond acceptors (Lipinski definition) is 4. The number of allylic oxidation sites excluding steroid dienone is 1. The lowest BCUT2D eigenvalue weighted by Crippen LogP contribution is -1.94. The van der Waals surface area contributed by atoms with E-state index in [0.717, 1.165) is 33.5 Å². The first-order valence-electron chi connectivity index (χ1n) is 9.44. The van der Waals surface area contributed by atoms with Gasteiger partial charge in [0.1, 0.15) is 17.6 Å². The number of rotatable bonds is 4. The number of para-hydroxylation sites is 3. The van der Waals surface area contributed by atoms with Crippen LogP contribution in [0.3, 0.4) is 0 Å². The second-order valence-corrected chi connectivity index (χ2v) is 6.73. The molecule has 6 nitrogen and oxygen atoms in total. The van der Waals surface area contributed by atoms with Crippen LogP contribution in [0.4, 0.5) is 0 Å². The van der Waals surface area contributed by atoms with Crippen molar-refractivity contribution in [1.29, 1.82) is 5.26 Å². The zero-order chi connectivity index (χ0) is 20.3. The minimum atomic E-state index is 0.434. The van der Waals surface area contributed by atoms with E-state index in [2.05, 4.69) is 21.0 Å². The van der Waals surface area contributed by atoms with Crippen LogP contribution in [0.1, 0.15) is 11.4 Å². The molecule has 6 heteroatoms. The van der Waals surface area contributed by atoms with Gasteiger partial charge in [0, 0.05) is 29.7 Å². The number of benzene rings is 2. The minimum absolute atomic E-state index is 0.434. The molecule has 3 aromatic heterocycles. The summed E-state index contributed by atoms with van der Waals surface area (Å²) < 4.78 is 1.81. The number of imidazole rings is 1. The number of nitrogens with zero attached hydrogens (tertiary/aromatic N) is 5. The van der Waals surface area contributed by atoms with E-state index in [1.165, 1.54) is 0 Å². The zero-order valence-corrected chi connectivity index (χ0v) is 15.9. The third kappa shape index (κ3) is 3.25. The summed E-state index contributed by atoms with van der Waals surface area (Å²) in [7, 11) is 0. The van der Waals surface area contributed by atoms with Crippen molar-refractivity contribution >= 4 is 22.7 Å². The number of nitriles is 1. The molecule has 0 fully saturated rings. The molecule has 0 aliphatic rings. The maximum absolute atomic E-state index is 9.83. The maximum atomic E-state index is 9.83. The number of aromatic nitrogens is 5. The topological polar surface area (TPSA) is 83.2 Å². The molecule has 5 rings (SSSR count). The molecule has 3 heterocycles. The van der Waals surface area contributed by atoms with Gasteiger partial charge in [0.2, 0.25) is 0 Å². The van der Waals surface area contributed by atoms with Crippen molar-refractivity contribution in [3.63, 3.8) is 0 Å². The first-order chi connectivity index (χ1) is 14.8.